The van der Waals surface area contributed by atoms with Gasteiger partial charge in [-0.1, -0.05) is 0 Å². The van der Waals surface area contributed by atoms with Crippen molar-refractivity contribution < 1.29 is 4.79 Å². The number of nitrogens with two attached hydrogens (primary N) is 1. The fourth-order valence-electron chi connectivity index (χ4n) is 2.26. The van der Waals surface area contributed by atoms with Crippen molar-refractivity contribution in [1.82, 2.24) is 14.8 Å². The molecular weight excluding hydrogens is 228 g/mol. The highest BCUT2D eigenvalue weighted by Crippen LogP contribution is 2.09. The number of hydrogen-bond donors (Lipinski definition) is 1. The number of carbonyl (C=O) groups excluding carboxylic acids is 1. The van der Waals surface area contributed by atoms with E-state index in [2.05, 4.69) is 4.98 Å². The van der Waals surface area contributed by atoms with E-state index in [0.717, 1.165) is 31.5 Å². The topological polar surface area (TPSA) is 62.5 Å². The molecule has 2 rings (SSSR count). The Hall–Kier alpha value is -1.62. The molecule has 0 aliphatic carbocycles. The summed E-state index contributed by atoms with van der Waals surface area (Å²) in [6, 6.07) is 3.77. The highest BCUT2D eigenvalue weighted by molar-refractivity contribution is 5.78. The Morgan fingerprint density at radius 1 is 1.50 bits per heavy atom. The standard InChI is InChI=1S/C13H20N4O/c1-16(9-11-4-5-15-12(14)8-11)10-13(18)17-6-2-3-7-17/h4-5,8H,2-3,6-7,9-10H2,1H3,(H2,14,15). The summed E-state index contributed by atoms with van der Waals surface area (Å²) < 4.78 is 0. The molecule has 0 bridgehead atoms. The van der Waals surface area contributed by atoms with E-state index in [1.807, 2.05) is 29.0 Å². The number of likely N-dealkylation sites (tertiary alicyclic amines) is 1. The molecule has 0 unspecified atom stereocenters. The molecule has 1 aromatic heterocycles. The lowest BCUT2D eigenvalue weighted by Gasteiger charge is -2.21. The predicted molar refractivity (Wildman–Crippen MR) is 70.8 cm³/mol. The number of rotatable bonds is 4. The van der Waals surface area contributed by atoms with Crippen molar-refractivity contribution >= 4 is 11.7 Å². The van der Waals surface area contributed by atoms with Crippen LogP contribution in [0.15, 0.2) is 18.3 Å². The lowest BCUT2D eigenvalue weighted by atomic mass is 10.2. The van der Waals surface area contributed by atoms with E-state index in [1.165, 1.54) is 0 Å². The maximum absolute atomic E-state index is 12.0. The molecule has 1 fully saturated rings. The van der Waals surface area contributed by atoms with Crippen molar-refractivity contribution in [3.63, 3.8) is 0 Å². The molecule has 1 aromatic rings. The first kappa shape index (κ1) is 12.8. The minimum atomic E-state index is 0.219. The van der Waals surface area contributed by atoms with Crippen molar-refractivity contribution in [2.24, 2.45) is 0 Å². The zero-order chi connectivity index (χ0) is 13.0. The zero-order valence-corrected chi connectivity index (χ0v) is 10.8. The van der Waals surface area contributed by atoms with Crippen LogP contribution in [0.4, 0.5) is 5.82 Å². The maximum atomic E-state index is 12.0. The average molecular weight is 248 g/mol. The Bertz CT molecular complexity index is 415. The van der Waals surface area contributed by atoms with E-state index in [4.69, 9.17) is 5.73 Å². The number of carbonyl (C=O) groups is 1. The summed E-state index contributed by atoms with van der Waals surface area (Å²) in [4.78, 5) is 19.9. The van der Waals surface area contributed by atoms with Crippen LogP contribution < -0.4 is 5.73 Å². The van der Waals surface area contributed by atoms with Gasteiger partial charge in [0.25, 0.3) is 0 Å². The molecule has 1 saturated heterocycles. The molecule has 2 N–H and O–H groups in total. The number of aromatic nitrogens is 1. The van der Waals surface area contributed by atoms with E-state index < -0.39 is 0 Å². The van der Waals surface area contributed by atoms with Gasteiger partial charge in [-0.2, -0.15) is 0 Å². The van der Waals surface area contributed by atoms with Gasteiger partial charge in [0.05, 0.1) is 6.54 Å². The van der Waals surface area contributed by atoms with Crippen LogP contribution in [0, 0.1) is 0 Å². The molecule has 0 atom stereocenters. The molecule has 1 aliphatic heterocycles. The Labute approximate surface area is 108 Å². The van der Waals surface area contributed by atoms with Gasteiger partial charge < -0.3 is 10.6 Å². The maximum Gasteiger partial charge on any atom is 0.236 e. The third kappa shape index (κ3) is 3.43. The van der Waals surface area contributed by atoms with E-state index in [0.29, 0.717) is 18.9 Å². The molecule has 0 aromatic carbocycles. The molecule has 1 amide bonds. The first-order chi connectivity index (χ1) is 8.65. The third-order valence-electron chi connectivity index (χ3n) is 3.16. The number of nitrogen functional groups attached to an aromatic ring is 1. The molecule has 1 aliphatic rings. The Balaban J connectivity index is 1.84. The van der Waals surface area contributed by atoms with Crippen LogP contribution in [-0.2, 0) is 11.3 Å². The van der Waals surface area contributed by atoms with Crippen molar-refractivity contribution in [3.05, 3.63) is 23.9 Å². The molecule has 0 saturated carbocycles. The van der Waals surface area contributed by atoms with Crippen LogP contribution in [-0.4, -0.2) is 47.4 Å². The van der Waals surface area contributed by atoms with Crippen LogP contribution >= 0.6 is 0 Å². The molecular formula is C13H20N4O. The summed E-state index contributed by atoms with van der Waals surface area (Å²) in [5.41, 5.74) is 6.71. The minimum absolute atomic E-state index is 0.219. The number of pyridine rings is 1. The number of hydrogen-bond acceptors (Lipinski definition) is 4. The second kappa shape index (κ2) is 5.82. The van der Waals surface area contributed by atoms with Crippen molar-refractivity contribution in [2.75, 3.05) is 32.4 Å². The second-order valence-electron chi connectivity index (χ2n) is 4.85. The van der Waals surface area contributed by atoms with Gasteiger partial charge in [0.1, 0.15) is 5.82 Å². The third-order valence-corrected chi connectivity index (χ3v) is 3.16. The summed E-state index contributed by atoms with van der Waals surface area (Å²) in [7, 11) is 1.95. The second-order valence-corrected chi connectivity index (χ2v) is 4.85. The predicted octanol–water partition coefficient (Wildman–Crippen LogP) is 0.718. The lowest BCUT2D eigenvalue weighted by Crippen LogP contribution is -2.36. The highest BCUT2D eigenvalue weighted by Gasteiger charge is 2.18. The molecule has 18 heavy (non-hydrogen) atoms. The van der Waals surface area contributed by atoms with Crippen LogP contribution in [0.25, 0.3) is 0 Å². The van der Waals surface area contributed by atoms with Crippen LogP contribution in [0.3, 0.4) is 0 Å². The highest BCUT2D eigenvalue weighted by atomic mass is 16.2. The van der Waals surface area contributed by atoms with Crippen LogP contribution in [0.2, 0.25) is 0 Å². The van der Waals surface area contributed by atoms with Gasteiger partial charge in [-0.3, -0.25) is 9.69 Å². The summed E-state index contributed by atoms with van der Waals surface area (Å²) >= 11 is 0. The number of nitrogens with zero attached hydrogens (tertiary/aromatic N) is 3. The quantitative estimate of drug-likeness (QED) is 0.852. The lowest BCUT2D eigenvalue weighted by molar-refractivity contribution is -0.131. The monoisotopic (exact) mass is 248 g/mol. The smallest absolute Gasteiger partial charge is 0.236 e. The Morgan fingerprint density at radius 3 is 2.89 bits per heavy atom. The molecule has 0 spiro atoms. The van der Waals surface area contributed by atoms with Gasteiger partial charge in [-0.25, -0.2) is 4.98 Å². The van der Waals surface area contributed by atoms with Gasteiger partial charge in [-0.05, 0) is 37.6 Å². The first-order valence-corrected chi connectivity index (χ1v) is 6.32. The largest absolute Gasteiger partial charge is 0.384 e. The Morgan fingerprint density at radius 2 is 2.22 bits per heavy atom. The van der Waals surface area contributed by atoms with Crippen LogP contribution in [0.1, 0.15) is 18.4 Å². The SMILES string of the molecule is CN(CC(=O)N1CCCC1)Cc1ccnc(N)c1. The van der Waals surface area contributed by atoms with Gasteiger partial charge in [0.2, 0.25) is 5.91 Å². The molecule has 5 nitrogen and oxygen atoms in total. The fourth-order valence-corrected chi connectivity index (χ4v) is 2.26. The summed E-state index contributed by atoms with van der Waals surface area (Å²) in [5, 5.41) is 0. The summed E-state index contributed by atoms with van der Waals surface area (Å²) in [6.45, 7) is 3.00. The van der Waals surface area contributed by atoms with Crippen molar-refractivity contribution in [1.29, 1.82) is 0 Å². The zero-order valence-electron chi connectivity index (χ0n) is 10.8. The normalized spacial score (nSPS) is 15.3. The number of anilines is 1. The van der Waals surface area contributed by atoms with Crippen molar-refractivity contribution in [3.8, 4) is 0 Å². The summed E-state index contributed by atoms with van der Waals surface area (Å²) in [5.74, 6) is 0.740. The van der Waals surface area contributed by atoms with E-state index >= 15 is 0 Å². The van der Waals surface area contributed by atoms with Gasteiger partial charge >= 0.3 is 0 Å². The molecule has 98 valence electrons. The molecule has 5 heteroatoms. The van der Waals surface area contributed by atoms with E-state index in [-0.39, 0.29) is 5.91 Å². The van der Waals surface area contributed by atoms with Crippen LogP contribution in [0.5, 0.6) is 0 Å². The number of likely N-dealkylation sites (N-methyl/N-ethyl adjacent to an activating group) is 1. The van der Waals surface area contributed by atoms with Gasteiger partial charge in [0.15, 0.2) is 0 Å². The minimum Gasteiger partial charge on any atom is -0.384 e. The van der Waals surface area contributed by atoms with Gasteiger partial charge in [0, 0.05) is 25.8 Å². The van der Waals surface area contributed by atoms with E-state index in [1.54, 1.807) is 6.20 Å². The average Bonchev–Trinajstić information content (AvgIpc) is 2.81. The number of amides is 1. The van der Waals surface area contributed by atoms with Gasteiger partial charge in [-0.15, -0.1) is 0 Å². The Kier molecular flexibility index (Phi) is 4.15. The van der Waals surface area contributed by atoms with E-state index in [9.17, 15) is 4.79 Å². The first-order valence-electron chi connectivity index (χ1n) is 6.32. The van der Waals surface area contributed by atoms with Crippen molar-refractivity contribution in [2.45, 2.75) is 19.4 Å². The molecule has 0 radical (unpaired) electrons. The molecule has 2 heterocycles. The summed E-state index contributed by atoms with van der Waals surface area (Å²) in [6.07, 6.45) is 3.97. The fraction of sp³-hybridized carbons (Fsp3) is 0.538.